The summed E-state index contributed by atoms with van der Waals surface area (Å²) in [5.74, 6) is 0.145. The molecule has 17 heteroatoms. The van der Waals surface area contributed by atoms with Gasteiger partial charge >= 0.3 is 0 Å². The highest BCUT2D eigenvalue weighted by atomic mass is 28.4. The summed E-state index contributed by atoms with van der Waals surface area (Å²) in [6, 6.07) is 0. The zero-order valence-electron chi connectivity index (χ0n) is 60.7. The van der Waals surface area contributed by atoms with E-state index in [-0.39, 0.29) is 117 Å². The van der Waals surface area contributed by atoms with Crippen LogP contribution in [0.2, 0.25) is 90.7 Å². The van der Waals surface area contributed by atoms with E-state index < -0.39 is 72.1 Å². The molecule has 11 unspecified atom stereocenters. The Labute approximate surface area is 538 Å². The van der Waals surface area contributed by atoms with Crippen molar-refractivity contribution < 1.29 is 55.3 Å². The number of ether oxygens (including phenoxy) is 6. The normalized spacial score (nSPS) is 34.8. The minimum Gasteiger partial charge on any atom is -0.414 e. The van der Waals surface area contributed by atoms with Crippen LogP contribution in [0.5, 0.6) is 0 Å². The molecule has 87 heavy (non-hydrogen) atoms. The average Bonchev–Trinajstić information content (AvgIpc) is 1.37. The van der Waals surface area contributed by atoms with Gasteiger partial charge in [-0.2, -0.15) is 0 Å². The summed E-state index contributed by atoms with van der Waals surface area (Å²) in [4.78, 5) is 15.4. The van der Waals surface area contributed by atoms with Crippen LogP contribution >= 0.6 is 0 Å². The first-order chi connectivity index (χ1) is 39.6. The van der Waals surface area contributed by atoms with Crippen molar-refractivity contribution in [3.63, 3.8) is 0 Å². The number of methoxy groups -OCH3 is 1. The van der Waals surface area contributed by atoms with Crippen LogP contribution in [0, 0.1) is 11.8 Å². The van der Waals surface area contributed by atoms with Gasteiger partial charge in [0.2, 0.25) is 0 Å². The lowest BCUT2D eigenvalue weighted by Gasteiger charge is -2.56. The van der Waals surface area contributed by atoms with Crippen molar-refractivity contribution in [3.05, 3.63) is 36.5 Å². The van der Waals surface area contributed by atoms with Crippen molar-refractivity contribution in [1.82, 2.24) is 0 Å². The zero-order chi connectivity index (χ0) is 65.6. The molecule has 8 rings (SSSR count). The number of Topliss-reactive ketones (excluding diaryl/α,β-unsaturated/α-hetero) is 1. The van der Waals surface area contributed by atoms with E-state index in [1.165, 1.54) is 5.57 Å². The Kier molecular flexibility index (Phi) is 24.7. The molecule has 0 amide bonds. The van der Waals surface area contributed by atoms with E-state index >= 15 is 4.79 Å². The Morgan fingerprint density at radius 3 is 1.64 bits per heavy atom. The molecule has 0 aromatic heterocycles. The van der Waals surface area contributed by atoms with E-state index in [9.17, 15) is 0 Å². The van der Waals surface area contributed by atoms with Crippen molar-refractivity contribution in [1.29, 1.82) is 0 Å². The van der Waals surface area contributed by atoms with Gasteiger partial charge in [-0.1, -0.05) is 136 Å². The number of rotatable bonds is 14. The van der Waals surface area contributed by atoms with Gasteiger partial charge in [-0.25, -0.2) is 0 Å². The molecule has 0 aromatic carbocycles. The number of hydrogen-bond donors (Lipinski definition) is 0. The first kappa shape index (κ1) is 75.6. The molecule has 0 spiro atoms. The third kappa shape index (κ3) is 18.7. The Balaban J connectivity index is 1.44. The van der Waals surface area contributed by atoms with Crippen molar-refractivity contribution in [2.24, 2.45) is 11.8 Å². The second kappa shape index (κ2) is 28.5. The van der Waals surface area contributed by atoms with Gasteiger partial charge in [0.15, 0.2) is 41.6 Å². The van der Waals surface area contributed by atoms with Gasteiger partial charge in [0.1, 0.15) is 30.2 Å². The third-order valence-corrected chi connectivity index (χ3v) is 46.0. The number of hydrogen-bond acceptors (Lipinski definition) is 12. The van der Waals surface area contributed by atoms with Gasteiger partial charge in [-0.15, -0.1) is 0 Å². The maximum absolute atomic E-state index is 15.4. The van der Waals surface area contributed by atoms with Gasteiger partial charge in [-0.3, -0.25) is 4.79 Å². The van der Waals surface area contributed by atoms with Crippen LogP contribution in [-0.2, 0) is 55.3 Å². The van der Waals surface area contributed by atoms with Crippen molar-refractivity contribution in [3.8, 4) is 0 Å². The lowest BCUT2D eigenvalue weighted by atomic mass is 9.81. The van der Waals surface area contributed by atoms with Gasteiger partial charge in [0.05, 0.1) is 73.8 Å². The molecule has 5 saturated heterocycles. The van der Waals surface area contributed by atoms with Crippen molar-refractivity contribution in [2.75, 3.05) is 13.7 Å². The molecule has 0 N–H and O–H groups in total. The highest BCUT2D eigenvalue weighted by Gasteiger charge is 2.59. The molecule has 504 valence electrons. The predicted octanol–water partition coefficient (Wildman–Crippen LogP) is 18.0. The zero-order valence-corrected chi connectivity index (χ0v) is 65.7. The fourth-order valence-electron chi connectivity index (χ4n) is 12.6. The molecule has 12 nitrogen and oxygen atoms in total. The number of allylic oxidation sites excluding steroid dienone is 1. The van der Waals surface area contributed by atoms with Gasteiger partial charge in [0.25, 0.3) is 0 Å². The van der Waals surface area contributed by atoms with E-state index in [0.29, 0.717) is 25.9 Å². The van der Waals surface area contributed by atoms with E-state index in [4.69, 9.17) is 57.1 Å². The van der Waals surface area contributed by atoms with Crippen LogP contribution in [0.4, 0.5) is 0 Å². The van der Waals surface area contributed by atoms with Crippen LogP contribution in [0.3, 0.4) is 0 Å². The summed E-state index contributed by atoms with van der Waals surface area (Å²) in [5, 5.41) is -0.254. The molecule has 0 aliphatic carbocycles. The first-order valence-electron chi connectivity index (χ1n) is 34.3. The van der Waals surface area contributed by atoms with E-state index in [0.717, 1.165) is 56.9 Å². The summed E-state index contributed by atoms with van der Waals surface area (Å²) in [6.07, 6.45) is 9.76. The lowest BCUT2D eigenvalue weighted by molar-refractivity contribution is -0.266. The van der Waals surface area contributed by atoms with Crippen LogP contribution in [0.1, 0.15) is 194 Å². The quantitative estimate of drug-likeness (QED) is 0.122. The fourth-order valence-corrected chi connectivity index (χ4v) is 18.8. The van der Waals surface area contributed by atoms with E-state index in [2.05, 4.69) is 195 Å². The van der Waals surface area contributed by atoms with Crippen LogP contribution < -0.4 is 0 Å². The Bertz CT molecular complexity index is 2320. The molecule has 8 aliphatic rings. The van der Waals surface area contributed by atoms with Gasteiger partial charge < -0.3 is 50.6 Å². The smallest absolute Gasteiger partial charge is 0.193 e. The van der Waals surface area contributed by atoms with Crippen molar-refractivity contribution >= 4 is 47.4 Å². The fraction of sp³-hybridized carbons (Fsp3) is 0.900. The molecular weight excluding hydrogens is 1170 g/mol. The molecule has 8 heterocycles. The molecule has 17 atom stereocenters. The summed E-state index contributed by atoms with van der Waals surface area (Å²) >= 11 is 0. The van der Waals surface area contributed by atoms with Crippen LogP contribution in [0.15, 0.2) is 36.5 Å². The maximum Gasteiger partial charge on any atom is 0.193 e. The first-order valence-corrected chi connectivity index (χ1v) is 48.8. The molecule has 0 radical (unpaired) electrons. The van der Waals surface area contributed by atoms with E-state index in [1.54, 1.807) is 7.11 Å². The Morgan fingerprint density at radius 2 is 1.08 bits per heavy atom. The molecule has 8 bridgehead atoms. The summed E-state index contributed by atoms with van der Waals surface area (Å²) in [5.41, 5.74) is 2.27. The Morgan fingerprint density at radius 1 is 0.552 bits per heavy atom. The summed E-state index contributed by atoms with van der Waals surface area (Å²) < 4.78 is 80.8. The third-order valence-electron chi connectivity index (χ3n) is 23.6. The number of ketones is 1. The monoisotopic (exact) mass is 1300 g/mol. The molecule has 5 fully saturated rings. The lowest BCUT2D eigenvalue weighted by Crippen LogP contribution is -2.69. The molecular formula is C70H132O12Si5. The highest BCUT2D eigenvalue weighted by Crippen LogP contribution is 2.50. The standard InChI is InChI=1S/C70H132O12Si5/c1-46-39-51-35-37-55-47(2)40-50(74-55)33-31-30-32-34-57(80-85(24,25)68(10,11)12)63-65(82-87(28,29)70(16,17)18)64(81-86(26,27)69(13,14)15)62-56(78-63)38-36-52(76-62)41-49(71)42-54-59(44-58(75-51)48(46)3)77-60(61(54)72-19)43-53(79-84(22,23)67(7,8)9)45-73-83(20,21)66(4,5)6/h32,34,46,50-65H,2-3,30-31,33,35-45H2,1,4-29H3/b34-32+/t46-,50+,51?,52?,53?,54+,55?,56+,57?,58?,59+,60?,61-,62?,63?,64?,65?/m1/s1. The molecule has 0 aromatic rings. The largest absolute Gasteiger partial charge is 0.414 e. The minimum absolute atomic E-state index is 0.00116. The van der Waals surface area contributed by atoms with Crippen LogP contribution in [0.25, 0.3) is 0 Å². The highest BCUT2D eigenvalue weighted by molar-refractivity contribution is 6.76. The second-order valence-corrected chi connectivity index (χ2v) is 59.4. The van der Waals surface area contributed by atoms with Crippen LogP contribution in [-0.4, -0.2) is 153 Å². The van der Waals surface area contributed by atoms with Gasteiger partial charge in [0, 0.05) is 38.7 Å². The predicted molar refractivity (Wildman–Crippen MR) is 371 cm³/mol. The average molecular weight is 1310 g/mol. The number of carbonyl (C=O) groups is 1. The summed E-state index contributed by atoms with van der Waals surface area (Å²) in [7, 11) is -10.1. The SMILES string of the molecule is C=C1C[C@@H]2CCC/C=C/C(O[Si](C)(C)C(C)(C)C)C3O[C@H]4CCC(CC(=O)C[C@H]5[C@H](CC6OC(CCC1O2)C[C@@H](C)C6=C)OC(CC(CO[Si](C)(C)C(C)(C)C)O[Si](C)(C)C(C)(C)C)[C@@H]5OC)OC4C(O[Si](C)(C)C(C)(C)C)C3O[Si](C)(C)C(C)(C)C. The number of carbonyl (C=O) groups excluding carboxylic acids is 1. The van der Waals surface area contributed by atoms with Gasteiger partial charge in [-0.05, 0) is 166 Å². The molecule has 0 saturated carbocycles. The molecule has 8 aliphatic heterocycles. The topological polar surface area (TPSA) is 119 Å². The van der Waals surface area contributed by atoms with Crippen molar-refractivity contribution in [2.45, 2.75) is 376 Å². The van der Waals surface area contributed by atoms with E-state index in [1.807, 2.05) is 0 Å². The Hall–Kier alpha value is -0.466. The minimum atomic E-state index is -2.52. The second-order valence-electron chi connectivity index (χ2n) is 35.5. The summed E-state index contributed by atoms with van der Waals surface area (Å²) in [6.45, 7) is 69.9. The number of fused-ring (bicyclic) bond motifs is 2. The maximum atomic E-state index is 15.4.